The van der Waals surface area contributed by atoms with E-state index in [2.05, 4.69) is 4.74 Å². The Bertz CT molecular complexity index is 361. The van der Waals surface area contributed by atoms with Crippen LogP contribution in [0.1, 0.15) is 24.0 Å². The summed E-state index contributed by atoms with van der Waals surface area (Å²) in [5.74, 6) is -0.534. The van der Waals surface area contributed by atoms with Crippen LogP contribution in [0.2, 0.25) is 0 Å². The quantitative estimate of drug-likeness (QED) is 0.871. The SMILES string of the molecule is COc1ccc(C(C)CO)cc1C(F)(F)F. The molecule has 0 saturated carbocycles. The van der Waals surface area contributed by atoms with Crippen molar-refractivity contribution in [1.82, 2.24) is 0 Å². The Balaban J connectivity index is 3.22. The highest BCUT2D eigenvalue weighted by Gasteiger charge is 2.34. The van der Waals surface area contributed by atoms with E-state index in [0.29, 0.717) is 5.56 Å². The van der Waals surface area contributed by atoms with Crippen molar-refractivity contribution in [3.8, 4) is 5.75 Å². The van der Waals surface area contributed by atoms with Crippen LogP contribution >= 0.6 is 0 Å². The largest absolute Gasteiger partial charge is 0.496 e. The fourth-order valence-electron chi connectivity index (χ4n) is 1.36. The molecule has 0 heterocycles. The van der Waals surface area contributed by atoms with Gasteiger partial charge in [0.15, 0.2) is 0 Å². The predicted octanol–water partition coefficient (Wildman–Crippen LogP) is 2.81. The molecule has 0 aliphatic rings. The Morgan fingerprint density at radius 1 is 1.38 bits per heavy atom. The smallest absolute Gasteiger partial charge is 0.419 e. The molecular weight excluding hydrogens is 221 g/mol. The Morgan fingerprint density at radius 3 is 2.44 bits per heavy atom. The zero-order valence-electron chi connectivity index (χ0n) is 9.01. The Morgan fingerprint density at radius 2 is 2.00 bits per heavy atom. The van der Waals surface area contributed by atoms with Crippen molar-refractivity contribution < 1.29 is 23.0 Å². The minimum atomic E-state index is -4.45. The van der Waals surface area contributed by atoms with E-state index < -0.39 is 11.7 Å². The van der Waals surface area contributed by atoms with Gasteiger partial charge in [0.2, 0.25) is 0 Å². The fourth-order valence-corrected chi connectivity index (χ4v) is 1.36. The van der Waals surface area contributed by atoms with Crippen LogP contribution in [-0.4, -0.2) is 18.8 Å². The van der Waals surface area contributed by atoms with E-state index in [4.69, 9.17) is 5.11 Å². The first-order valence-electron chi connectivity index (χ1n) is 4.76. The average Bonchev–Trinajstić information content (AvgIpc) is 2.26. The van der Waals surface area contributed by atoms with Crippen LogP contribution < -0.4 is 4.74 Å². The Labute approximate surface area is 91.7 Å². The van der Waals surface area contributed by atoms with Crippen molar-refractivity contribution in [3.63, 3.8) is 0 Å². The van der Waals surface area contributed by atoms with E-state index >= 15 is 0 Å². The molecule has 5 heteroatoms. The molecule has 2 nitrogen and oxygen atoms in total. The molecule has 0 saturated heterocycles. The third-order valence-electron chi connectivity index (χ3n) is 2.37. The standard InChI is InChI=1S/C11H13F3O2/c1-7(6-15)8-3-4-10(16-2)9(5-8)11(12,13)14/h3-5,7,15H,6H2,1-2H3. The molecule has 0 amide bonds. The van der Waals surface area contributed by atoms with E-state index in [0.717, 1.165) is 6.07 Å². The van der Waals surface area contributed by atoms with Crippen LogP contribution in [0.3, 0.4) is 0 Å². The lowest BCUT2D eigenvalue weighted by Gasteiger charge is -2.15. The van der Waals surface area contributed by atoms with Crippen molar-refractivity contribution >= 4 is 0 Å². The van der Waals surface area contributed by atoms with Gasteiger partial charge < -0.3 is 9.84 Å². The summed E-state index contributed by atoms with van der Waals surface area (Å²) in [6, 6.07) is 3.80. The zero-order chi connectivity index (χ0) is 12.3. The lowest BCUT2D eigenvalue weighted by molar-refractivity contribution is -0.138. The van der Waals surface area contributed by atoms with Gasteiger partial charge >= 0.3 is 6.18 Å². The number of alkyl halides is 3. The first kappa shape index (κ1) is 12.8. The molecule has 1 atom stereocenters. The summed E-state index contributed by atoms with van der Waals surface area (Å²) in [6.07, 6.45) is -4.45. The van der Waals surface area contributed by atoms with Crippen LogP contribution in [0.15, 0.2) is 18.2 Å². The molecular formula is C11H13F3O2. The second kappa shape index (κ2) is 4.74. The molecule has 0 aliphatic heterocycles. The van der Waals surface area contributed by atoms with E-state index in [1.165, 1.54) is 19.2 Å². The monoisotopic (exact) mass is 234 g/mol. The molecule has 0 spiro atoms. The zero-order valence-corrected chi connectivity index (χ0v) is 9.01. The van der Waals surface area contributed by atoms with Crippen molar-refractivity contribution in [2.45, 2.75) is 19.0 Å². The predicted molar refractivity (Wildman–Crippen MR) is 53.5 cm³/mol. The van der Waals surface area contributed by atoms with E-state index in [9.17, 15) is 13.2 Å². The van der Waals surface area contributed by atoms with Crippen molar-refractivity contribution in [2.75, 3.05) is 13.7 Å². The lowest BCUT2D eigenvalue weighted by atomic mass is 9.99. The van der Waals surface area contributed by atoms with Crippen LogP contribution in [0, 0.1) is 0 Å². The summed E-state index contributed by atoms with van der Waals surface area (Å²) in [6.45, 7) is 1.46. The fraction of sp³-hybridized carbons (Fsp3) is 0.455. The minimum Gasteiger partial charge on any atom is -0.496 e. The minimum absolute atomic E-state index is 0.191. The number of benzene rings is 1. The number of rotatable bonds is 3. The number of methoxy groups -OCH3 is 1. The molecule has 16 heavy (non-hydrogen) atoms. The van der Waals surface area contributed by atoms with Crippen LogP contribution in [-0.2, 0) is 6.18 Å². The van der Waals surface area contributed by atoms with E-state index in [1.54, 1.807) is 6.92 Å². The second-order valence-electron chi connectivity index (χ2n) is 3.54. The topological polar surface area (TPSA) is 29.5 Å². The number of halogens is 3. The average molecular weight is 234 g/mol. The van der Waals surface area contributed by atoms with Gasteiger partial charge in [0.05, 0.1) is 12.7 Å². The lowest BCUT2D eigenvalue weighted by Crippen LogP contribution is -2.09. The van der Waals surface area contributed by atoms with Gasteiger partial charge in [-0.2, -0.15) is 13.2 Å². The normalized spacial score (nSPS) is 13.6. The highest BCUT2D eigenvalue weighted by molar-refractivity contribution is 5.40. The van der Waals surface area contributed by atoms with Gasteiger partial charge in [-0.25, -0.2) is 0 Å². The molecule has 1 rings (SSSR count). The number of aliphatic hydroxyl groups is 1. The molecule has 0 fully saturated rings. The molecule has 1 N–H and O–H groups in total. The Hall–Kier alpha value is -1.23. The number of aliphatic hydroxyl groups excluding tert-OH is 1. The van der Waals surface area contributed by atoms with Crippen LogP contribution in [0.5, 0.6) is 5.75 Å². The molecule has 0 radical (unpaired) electrons. The van der Waals surface area contributed by atoms with Gasteiger partial charge in [-0.3, -0.25) is 0 Å². The summed E-state index contributed by atoms with van der Waals surface area (Å²) in [7, 11) is 1.19. The maximum absolute atomic E-state index is 12.6. The summed E-state index contributed by atoms with van der Waals surface area (Å²) < 4.78 is 42.6. The molecule has 0 aliphatic carbocycles. The van der Waals surface area contributed by atoms with Gasteiger partial charge in [0, 0.05) is 12.5 Å². The number of hydrogen-bond acceptors (Lipinski definition) is 2. The van der Waals surface area contributed by atoms with Crippen molar-refractivity contribution in [3.05, 3.63) is 29.3 Å². The Kier molecular flexibility index (Phi) is 3.80. The molecule has 1 unspecified atom stereocenters. The van der Waals surface area contributed by atoms with Gasteiger partial charge in [-0.05, 0) is 17.7 Å². The summed E-state index contributed by atoms with van der Waals surface area (Å²) in [5, 5.41) is 8.90. The van der Waals surface area contributed by atoms with Crippen LogP contribution in [0.25, 0.3) is 0 Å². The van der Waals surface area contributed by atoms with Gasteiger partial charge in [-0.1, -0.05) is 13.0 Å². The third-order valence-corrected chi connectivity index (χ3v) is 2.37. The van der Waals surface area contributed by atoms with Gasteiger partial charge in [0.1, 0.15) is 5.75 Å². The first-order chi connectivity index (χ1) is 7.40. The highest BCUT2D eigenvalue weighted by atomic mass is 19.4. The first-order valence-corrected chi connectivity index (χ1v) is 4.76. The number of ether oxygens (including phenoxy) is 1. The summed E-state index contributed by atoms with van der Waals surface area (Å²) in [4.78, 5) is 0. The highest BCUT2D eigenvalue weighted by Crippen LogP contribution is 2.37. The number of hydrogen-bond donors (Lipinski definition) is 1. The maximum Gasteiger partial charge on any atom is 0.419 e. The van der Waals surface area contributed by atoms with Crippen molar-refractivity contribution in [2.24, 2.45) is 0 Å². The molecule has 90 valence electrons. The van der Waals surface area contributed by atoms with Gasteiger partial charge in [0.25, 0.3) is 0 Å². The van der Waals surface area contributed by atoms with E-state index in [-0.39, 0.29) is 18.3 Å². The van der Waals surface area contributed by atoms with Crippen molar-refractivity contribution in [1.29, 1.82) is 0 Å². The molecule has 1 aromatic rings. The maximum atomic E-state index is 12.6. The van der Waals surface area contributed by atoms with Gasteiger partial charge in [-0.15, -0.1) is 0 Å². The second-order valence-corrected chi connectivity index (χ2v) is 3.54. The molecule has 0 aromatic heterocycles. The van der Waals surface area contributed by atoms with Crippen LogP contribution in [0.4, 0.5) is 13.2 Å². The third kappa shape index (κ3) is 2.66. The van der Waals surface area contributed by atoms with E-state index in [1.807, 2.05) is 0 Å². The summed E-state index contributed by atoms with van der Waals surface area (Å²) in [5.41, 5.74) is -0.372. The molecule has 1 aromatic carbocycles. The molecule has 0 bridgehead atoms. The summed E-state index contributed by atoms with van der Waals surface area (Å²) >= 11 is 0.